The zero-order valence-electron chi connectivity index (χ0n) is 14.2. The Kier molecular flexibility index (Phi) is 6.28. The monoisotopic (exact) mass is 291 g/mol. The highest BCUT2D eigenvalue weighted by Gasteiger charge is 2.18. The van der Waals surface area contributed by atoms with Gasteiger partial charge in [0.25, 0.3) is 0 Å². The predicted octanol–water partition coefficient (Wildman–Crippen LogP) is 4.69. The van der Waals surface area contributed by atoms with Gasteiger partial charge in [0.1, 0.15) is 0 Å². The number of hydrogen-bond acceptors (Lipinski definition) is 2. The van der Waals surface area contributed by atoms with E-state index in [1.165, 1.54) is 57.1 Å². The lowest BCUT2D eigenvalue weighted by atomic mass is 9.87. The normalized spacial score (nSPS) is 16.7. The lowest BCUT2D eigenvalue weighted by Gasteiger charge is -2.24. The van der Waals surface area contributed by atoms with Crippen LogP contribution in [-0.4, -0.2) is 16.3 Å². The van der Waals surface area contributed by atoms with E-state index in [0.29, 0.717) is 11.5 Å². The summed E-state index contributed by atoms with van der Waals surface area (Å²) in [4.78, 5) is 0. The molecule has 3 nitrogen and oxygen atoms in total. The number of nitrogens with zero attached hydrogens (tertiary/aromatic N) is 2. The maximum atomic E-state index is 4.74. The summed E-state index contributed by atoms with van der Waals surface area (Å²) in [5, 5.41) is 8.34. The molecule has 0 spiro atoms. The summed E-state index contributed by atoms with van der Waals surface area (Å²) >= 11 is 0. The fourth-order valence-electron chi connectivity index (χ4n) is 3.31. The summed E-state index contributed by atoms with van der Waals surface area (Å²) < 4.78 is 2.19. The van der Waals surface area contributed by atoms with Crippen LogP contribution in [0.4, 0.5) is 0 Å². The molecule has 120 valence electrons. The highest BCUT2D eigenvalue weighted by Crippen LogP contribution is 2.28. The van der Waals surface area contributed by atoms with Crippen molar-refractivity contribution in [2.24, 2.45) is 5.41 Å². The van der Waals surface area contributed by atoms with E-state index in [2.05, 4.69) is 43.0 Å². The van der Waals surface area contributed by atoms with Gasteiger partial charge in [-0.15, -0.1) is 0 Å². The van der Waals surface area contributed by atoms with Gasteiger partial charge in [0.2, 0.25) is 0 Å². The average molecular weight is 291 g/mol. The Balaban J connectivity index is 1.70. The molecule has 1 N–H and O–H groups in total. The lowest BCUT2D eigenvalue weighted by molar-refractivity contribution is 0.301. The second kappa shape index (κ2) is 7.98. The van der Waals surface area contributed by atoms with Crippen LogP contribution >= 0.6 is 0 Å². The minimum absolute atomic E-state index is 0.392. The van der Waals surface area contributed by atoms with Crippen LogP contribution in [0.3, 0.4) is 0 Å². The number of hydrogen-bond donors (Lipinski definition) is 1. The molecule has 1 aromatic rings. The first-order chi connectivity index (χ1) is 10.1. The summed E-state index contributed by atoms with van der Waals surface area (Å²) in [7, 11) is 0. The topological polar surface area (TPSA) is 29.9 Å². The Labute approximate surface area is 130 Å². The van der Waals surface area contributed by atoms with E-state index in [1.54, 1.807) is 0 Å². The van der Waals surface area contributed by atoms with Crippen LogP contribution in [0.1, 0.15) is 83.9 Å². The van der Waals surface area contributed by atoms with Gasteiger partial charge in [-0.3, -0.25) is 4.68 Å². The summed E-state index contributed by atoms with van der Waals surface area (Å²) in [5.41, 5.74) is 1.58. The van der Waals surface area contributed by atoms with Crippen molar-refractivity contribution in [2.45, 2.75) is 84.7 Å². The molecule has 3 heteroatoms. The van der Waals surface area contributed by atoms with Gasteiger partial charge in [0, 0.05) is 19.3 Å². The fraction of sp³-hybridized carbons (Fsp3) is 0.833. The molecule has 1 heterocycles. The molecule has 0 aliphatic heterocycles. The van der Waals surface area contributed by atoms with Crippen LogP contribution in [0.25, 0.3) is 0 Å². The van der Waals surface area contributed by atoms with Gasteiger partial charge >= 0.3 is 0 Å². The average Bonchev–Trinajstić information content (AvgIpc) is 3.09. The van der Waals surface area contributed by atoms with Crippen molar-refractivity contribution in [3.8, 4) is 0 Å². The summed E-state index contributed by atoms with van der Waals surface area (Å²) in [6, 6.07) is 2.83. The molecule has 0 aromatic carbocycles. The summed E-state index contributed by atoms with van der Waals surface area (Å²) in [5.74, 6) is 0. The summed E-state index contributed by atoms with van der Waals surface area (Å²) in [6.07, 6.45) is 12.8. The van der Waals surface area contributed by atoms with Crippen LogP contribution in [0, 0.1) is 5.41 Å². The van der Waals surface area contributed by atoms with Gasteiger partial charge in [-0.25, -0.2) is 0 Å². The second-order valence-corrected chi connectivity index (χ2v) is 7.45. The van der Waals surface area contributed by atoms with Crippen molar-refractivity contribution >= 4 is 0 Å². The number of aromatic nitrogens is 2. The van der Waals surface area contributed by atoms with E-state index in [-0.39, 0.29) is 0 Å². The van der Waals surface area contributed by atoms with Gasteiger partial charge in [0.05, 0.1) is 11.7 Å². The van der Waals surface area contributed by atoms with Gasteiger partial charge in [0.15, 0.2) is 0 Å². The molecule has 0 saturated heterocycles. The van der Waals surface area contributed by atoms with Gasteiger partial charge < -0.3 is 5.32 Å². The Morgan fingerprint density at radius 1 is 1.29 bits per heavy atom. The zero-order chi connectivity index (χ0) is 15.1. The second-order valence-electron chi connectivity index (χ2n) is 7.45. The van der Waals surface area contributed by atoms with Crippen molar-refractivity contribution in [3.63, 3.8) is 0 Å². The van der Waals surface area contributed by atoms with E-state index in [0.717, 1.165) is 13.1 Å². The van der Waals surface area contributed by atoms with Crippen molar-refractivity contribution in [1.29, 1.82) is 0 Å². The molecule has 0 atom stereocenters. The van der Waals surface area contributed by atoms with Crippen molar-refractivity contribution in [2.75, 3.05) is 6.54 Å². The quantitative estimate of drug-likeness (QED) is 0.669. The number of unbranched alkanes of at least 4 members (excludes halogenated alkanes) is 2. The van der Waals surface area contributed by atoms with Crippen molar-refractivity contribution in [1.82, 2.24) is 15.1 Å². The first-order valence-electron chi connectivity index (χ1n) is 8.85. The van der Waals surface area contributed by atoms with Crippen LogP contribution in [0.5, 0.6) is 0 Å². The lowest BCUT2D eigenvalue weighted by Crippen LogP contribution is -2.29. The minimum atomic E-state index is 0.392. The molecule has 0 bridgehead atoms. The molecular formula is C18H33N3. The molecule has 0 amide bonds. The molecule has 1 aliphatic carbocycles. The molecule has 2 rings (SSSR count). The van der Waals surface area contributed by atoms with Gasteiger partial charge in [-0.2, -0.15) is 5.10 Å². The predicted molar refractivity (Wildman–Crippen MR) is 89.4 cm³/mol. The third-order valence-electron chi connectivity index (χ3n) is 4.73. The van der Waals surface area contributed by atoms with E-state index in [9.17, 15) is 0 Å². The number of nitrogens with one attached hydrogen (secondary N) is 1. The third kappa shape index (κ3) is 5.46. The minimum Gasteiger partial charge on any atom is -0.311 e. The van der Waals surface area contributed by atoms with Crippen molar-refractivity contribution in [3.05, 3.63) is 18.0 Å². The smallest absolute Gasteiger partial charge is 0.0762 e. The van der Waals surface area contributed by atoms with E-state index in [4.69, 9.17) is 5.10 Å². The molecular weight excluding hydrogens is 258 g/mol. The SMILES string of the molecule is CCCCCC(C)(C)CNCc1ccn(C2CCCC2)n1. The highest BCUT2D eigenvalue weighted by molar-refractivity contribution is 5.00. The maximum absolute atomic E-state index is 4.74. The Hall–Kier alpha value is -0.830. The first kappa shape index (κ1) is 16.5. The Morgan fingerprint density at radius 3 is 2.76 bits per heavy atom. The molecule has 1 aromatic heterocycles. The Bertz CT molecular complexity index is 402. The summed E-state index contributed by atoms with van der Waals surface area (Å²) in [6.45, 7) is 8.98. The standard InChI is InChI=1S/C18H33N3/c1-4-5-8-12-18(2,3)15-19-14-16-11-13-21(20-16)17-9-6-7-10-17/h11,13,17,19H,4-10,12,14-15H2,1-3H3. The van der Waals surface area contributed by atoms with E-state index in [1.807, 2.05) is 0 Å². The molecule has 21 heavy (non-hydrogen) atoms. The molecule has 1 aliphatic rings. The Morgan fingerprint density at radius 2 is 2.05 bits per heavy atom. The maximum Gasteiger partial charge on any atom is 0.0762 e. The van der Waals surface area contributed by atoms with E-state index < -0.39 is 0 Å². The number of rotatable bonds is 9. The zero-order valence-corrected chi connectivity index (χ0v) is 14.2. The van der Waals surface area contributed by atoms with Crippen LogP contribution in [0.15, 0.2) is 12.3 Å². The van der Waals surface area contributed by atoms with Crippen LogP contribution in [-0.2, 0) is 6.54 Å². The molecule has 0 radical (unpaired) electrons. The highest BCUT2D eigenvalue weighted by atomic mass is 15.3. The van der Waals surface area contributed by atoms with Gasteiger partial charge in [-0.05, 0) is 30.7 Å². The molecule has 1 fully saturated rings. The largest absolute Gasteiger partial charge is 0.311 e. The first-order valence-corrected chi connectivity index (χ1v) is 8.85. The third-order valence-corrected chi connectivity index (χ3v) is 4.73. The fourth-order valence-corrected chi connectivity index (χ4v) is 3.31. The molecule has 1 saturated carbocycles. The van der Waals surface area contributed by atoms with E-state index >= 15 is 0 Å². The van der Waals surface area contributed by atoms with Crippen LogP contribution in [0.2, 0.25) is 0 Å². The van der Waals surface area contributed by atoms with Crippen molar-refractivity contribution < 1.29 is 0 Å². The van der Waals surface area contributed by atoms with Gasteiger partial charge in [-0.1, -0.05) is 52.9 Å². The molecule has 0 unspecified atom stereocenters. The van der Waals surface area contributed by atoms with Crippen LogP contribution < -0.4 is 5.32 Å².